The van der Waals surface area contributed by atoms with Gasteiger partial charge in [0.1, 0.15) is 0 Å². The smallest absolute Gasteiger partial charge is 0.262 e. The quantitative estimate of drug-likeness (QED) is 0.268. The van der Waals surface area contributed by atoms with Crippen LogP contribution in [0.2, 0.25) is 0 Å². The average Bonchev–Trinajstić information content (AvgIpc) is 2.65. The normalized spacial score (nSPS) is 24.5. The molecule has 1 atom stereocenters. The molecule has 8 heteroatoms. The molecule has 1 heterocycles. The Kier molecular flexibility index (Phi) is 2.91. The number of aromatic nitrogens is 2. The lowest BCUT2D eigenvalue weighted by atomic mass is 9.98. The van der Waals surface area contributed by atoms with Gasteiger partial charge in [-0.25, -0.2) is 0 Å². The van der Waals surface area contributed by atoms with E-state index in [1.54, 1.807) is 6.08 Å². The van der Waals surface area contributed by atoms with Gasteiger partial charge in [0, 0.05) is 38.7 Å². The van der Waals surface area contributed by atoms with Crippen molar-refractivity contribution in [1.82, 2.24) is 8.75 Å². The second-order valence-corrected chi connectivity index (χ2v) is 5.40. The second kappa shape index (κ2) is 3.91. The first-order valence-corrected chi connectivity index (χ1v) is 6.64. The molecule has 1 aromatic rings. The SMILES string of the molecule is O=[N+]([O-])C1(Br)C=C(CBr)Cc2nsnc21. The highest BCUT2D eigenvalue weighted by Gasteiger charge is 2.47. The van der Waals surface area contributed by atoms with E-state index >= 15 is 0 Å². The molecule has 0 aromatic carbocycles. The number of nitro groups is 1. The van der Waals surface area contributed by atoms with Crippen molar-refractivity contribution >= 4 is 43.6 Å². The fourth-order valence-electron chi connectivity index (χ4n) is 1.42. The highest BCUT2D eigenvalue weighted by atomic mass is 79.9. The van der Waals surface area contributed by atoms with E-state index < -0.39 is 9.37 Å². The minimum atomic E-state index is -1.41. The standard InChI is InChI=1S/C7H5Br2N3O2S/c8-3-4-1-5-6(11-15-10-5)7(9,2-4)12(13)14/h2H,1,3H2. The van der Waals surface area contributed by atoms with Crippen LogP contribution in [0.4, 0.5) is 0 Å². The van der Waals surface area contributed by atoms with Gasteiger partial charge in [0.15, 0.2) is 5.69 Å². The van der Waals surface area contributed by atoms with Crippen molar-refractivity contribution in [2.24, 2.45) is 0 Å². The Hall–Kier alpha value is -0.340. The average molecular weight is 355 g/mol. The molecular weight excluding hydrogens is 350 g/mol. The molecular formula is C7H5Br2N3O2S. The van der Waals surface area contributed by atoms with Gasteiger partial charge in [-0.15, -0.1) is 0 Å². The number of rotatable bonds is 2. The summed E-state index contributed by atoms with van der Waals surface area (Å²) in [6.45, 7) is 0. The molecule has 0 radical (unpaired) electrons. The third-order valence-corrected chi connectivity index (χ3v) is 4.30. The number of nitrogens with zero attached hydrogens (tertiary/aromatic N) is 3. The zero-order chi connectivity index (χ0) is 11.1. The Labute approximate surface area is 106 Å². The summed E-state index contributed by atoms with van der Waals surface area (Å²) >= 11 is 7.43. The molecule has 0 N–H and O–H groups in total. The summed E-state index contributed by atoms with van der Waals surface area (Å²) in [5.41, 5.74) is 2.02. The Morgan fingerprint density at radius 3 is 3.00 bits per heavy atom. The van der Waals surface area contributed by atoms with Gasteiger partial charge >= 0.3 is 4.45 Å². The maximum absolute atomic E-state index is 11.0. The van der Waals surface area contributed by atoms with Gasteiger partial charge in [0.05, 0.1) is 17.4 Å². The van der Waals surface area contributed by atoms with Gasteiger partial charge in [0.2, 0.25) is 0 Å². The largest absolute Gasteiger partial charge is 0.337 e. The number of hydrogen-bond acceptors (Lipinski definition) is 5. The first kappa shape index (κ1) is 11.2. The molecule has 1 unspecified atom stereocenters. The fourth-order valence-corrected chi connectivity index (χ4v) is 3.15. The third kappa shape index (κ3) is 1.74. The highest BCUT2D eigenvalue weighted by molar-refractivity contribution is 9.09. The van der Waals surface area contributed by atoms with Crippen molar-refractivity contribution in [2.45, 2.75) is 10.9 Å². The molecule has 0 saturated heterocycles. The lowest BCUT2D eigenvalue weighted by molar-refractivity contribution is -0.530. The van der Waals surface area contributed by atoms with E-state index in [4.69, 9.17) is 0 Å². The van der Waals surface area contributed by atoms with Crippen LogP contribution in [0.5, 0.6) is 0 Å². The Bertz CT molecular complexity index is 447. The Balaban J connectivity index is 2.56. The summed E-state index contributed by atoms with van der Waals surface area (Å²) in [7, 11) is 0. The van der Waals surface area contributed by atoms with Crippen LogP contribution in [0.1, 0.15) is 11.4 Å². The maximum Gasteiger partial charge on any atom is 0.337 e. The maximum atomic E-state index is 11.0. The number of hydrogen-bond donors (Lipinski definition) is 0. The van der Waals surface area contributed by atoms with Gasteiger partial charge in [-0.3, -0.25) is 10.1 Å². The van der Waals surface area contributed by atoms with Gasteiger partial charge in [0.25, 0.3) is 0 Å². The number of halogens is 2. The minimum Gasteiger partial charge on any atom is -0.262 e. The molecule has 0 saturated carbocycles. The predicted octanol–water partition coefficient (Wildman–Crippen LogP) is 2.24. The summed E-state index contributed by atoms with van der Waals surface area (Å²) < 4.78 is 6.64. The molecule has 0 fully saturated rings. The van der Waals surface area contributed by atoms with Crippen molar-refractivity contribution in [3.05, 3.63) is 33.2 Å². The molecule has 2 rings (SSSR count). The monoisotopic (exact) mass is 353 g/mol. The van der Waals surface area contributed by atoms with Gasteiger partial charge in [-0.1, -0.05) is 15.9 Å². The van der Waals surface area contributed by atoms with E-state index in [9.17, 15) is 10.1 Å². The molecule has 0 spiro atoms. The van der Waals surface area contributed by atoms with Gasteiger partial charge in [-0.2, -0.15) is 8.75 Å². The van der Waals surface area contributed by atoms with E-state index in [0.717, 1.165) is 17.3 Å². The van der Waals surface area contributed by atoms with Crippen molar-refractivity contribution in [3.63, 3.8) is 0 Å². The van der Waals surface area contributed by atoms with Crippen LogP contribution in [0.25, 0.3) is 0 Å². The molecule has 5 nitrogen and oxygen atoms in total. The Morgan fingerprint density at radius 2 is 2.40 bits per heavy atom. The van der Waals surface area contributed by atoms with Crippen LogP contribution in [0.3, 0.4) is 0 Å². The molecule has 80 valence electrons. The predicted molar refractivity (Wildman–Crippen MR) is 63.1 cm³/mol. The summed E-state index contributed by atoms with van der Waals surface area (Å²) in [4.78, 5) is 10.6. The number of fused-ring (bicyclic) bond motifs is 1. The lowest BCUT2D eigenvalue weighted by Crippen LogP contribution is -2.31. The molecule has 1 aliphatic carbocycles. The van der Waals surface area contributed by atoms with Crippen LogP contribution in [0.15, 0.2) is 11.6 Å². The van der Waals surface area contributed by atoms with Crippen LogP contribution >= 0.6 is 43.6 Å². The van der Waals surface area contributed by atoms with Crippen LogP contribution in [0, 0.1) is 10.1 Å². The van der Waals surface area contributed by atoms with Gasteiger partial charge < -0.3 is 0 Å². The van der Waals surface area contributed by atoms with Gasteiger partial charge in [-0.05, 0) is 5.57 Å². The van der Waals surface area contributed by atoms with Crippen molar-refractivity contribution < 1.29 is 4.92 Å². The fraction of sp³-hybridized carbons (Fsp3) is 0.429. The van der Waals surface area contributed by atoms with E-state index in [2.05, 4.69) is 40.6 Å². The van der Waals surface area contributed by atoms with Crippen molar-refractivity contribution in [3.8, 4) is 0 Å². The lowest BCUT2D eigenvalue weighted by Gasteiger charge is -2.19. The van der Waals surface area contributed by atoms with Crippen LogP contribution in [-0.4, -0.2) is 19.0 Å². The van der Waals surface area contributed by atoms with Crippen LogP contribution < -0.4 is 0 Å². The first-order valence-electron chi connectivity index (χ1n) is 4.00. The zero-order valence-corrected chi connectivity index (χ0v) is 11.3. The van der Waals surface area contributed by atoms with E-state index in [-0.39, 0.29) is 0 Å². The van der Waals surface area contributed by atoms with E-state index in [1.165, 1.54) is 0 Å². The van der Waals surface area contributed by atoms with E-state index in [0.29, 0.717) is 23.1 Å². The molecule has 1 aromatic heterocycles. The summed E-state index contributed by atoms with van der Waals surface area (Å²) in [6.07, 6.45) is 2.21. The van der Waals surface area contributed by atoms with E-state index in [1.807, 2.05) is 0 Å². The van der Waals surface area contributed by atoms with Crippen LogP contribution in [-0.2, 0) is 10.9 Å². The van der Waals surface area contributed by atoms with Crippen molar-refractivity contribution in [1.29, 1.82) is 0 Å². The molecule has 0 aliphatic heterocycles. The number of allylic oxidation sites excluding steroid dienone is 1. The molecule has 1 aliphatic rings. The minimum absolute atomic E-state index is 0.394. The second-order valence-electron chi connectivity index (χ2n) is 3.10. The van der Waals surface area contributed by atoms with Crippen molar-refractivity contribution in [2.75, 3.05) is 5.33 Å². The Morgan fingerprint density at radius 1 is 1.67 bits per heavy atom. The third-order valence-electron chi connectivity index (χ3n) is 2.12. The topological polar surface area (TPSA) is 68.9 Å². The summed E-state index contributed by atoms with van der Waals surface area (Å²) in [5.74, 6) is 0. The first-order chi connectivity index (χ1) is 7.08. The summed E-state index contributed by atoms with van der Waals surface area (Å²) in [6, 6.07) is 0. The number of alkyl halides is 2. The summed E-state index contributed by atoms with van der Waals surface area (Å²) in [5, 5.41) is 11.6. The highest BCUT2D eigenvalue weighted by Crippen LogP contribution is 2.40. The molecule has 15 heavy (non-hydrogen) atoms. The zero-order valence-electron chi connectivity index (χ0n) is 7.31. The molecule has 0 amide bonds. The molecule has 0 bridgehead atoms.